The van der Waals surface area contributed by atoms with Crippen LogP contribution in [0.1, 0.15) is 24.2 Å². The summed E-state index contributed by atoms with van der Waals surface area (Å²) < 4.78 is 7.35. The summed E-state index contributed by atoms with van der Waals surface area (Å²) in [6.45, 7) is 7.54. The van der Waals surface area contributed by atoms with Crippen molar-refractivity contribution in [3.8, 4) is 5.75 Å². The van der Waals surface area contributed by atoms with Gasteiger partial charge in [0.2, 0.25) is 0 Å². The number of amides is 1. The molecule has 0 fully saturated rings. The molecule has 156 valence electrons. The molecular weight excluding hydrogens is 416 g/mol. The van der Waals surface area contributed by atoms with E-state index in [1.165, 1.54) is 11.3 Å². The van der Waals surface area contributed by atoms with Crippen LogP contribution in [-0.4, -0.2) is 54.1 Å². The number of rotatable bonds is 8. The Bertz CT molecular complexity index is 1170. The Labute approximate surface area is 183 Å². The molecule has 2 aromatic carbocycles. The third-order valence-electron chi connectivity index (χ3n) is 5.17. The molecule has 0 N–H and O–H groups in total. The molecule has 2 heterocycles. The molecule has 0 bridgehead atoms. The molecule has 4 rings (SSSR count). The molecule has 1 amide bonds. The van der Waals surface area contributed by atoms with Crippen LogP contribution in [0.5, 0.6) is 5.75 Å². The standard InChI is InChI=1S/C22H24N4O2S2/c1-4-25(5-2)10-11-26(21(27)15-6-8-17-19(12-15)29-14-23-17)22-24-18-9-7-16(28-3)13-20(18)30-22/h6-9,12-14H,4-5,10-11H2,1-3H3. The Morgan fingerprint density at radius 2 is 1.83 bits per heavy atom. The molecule has 0 saturated carbocycles. The fourth-order valence-electron chi connectivity index (χ4n) is 3.34. The lowest BCUT2D eigenvalue weighted by Gasteiger charge is -2.24. The molecule has 0 aliphatic rings. The van der Waals surface area contributed by atoms with Gasteiger partial charge in [-0.2, -0.15) is 0 Å². The quantitative estimate of drug-likeness (QED) is 0.390. The zero-order valence-electron chi connectivity index (χ0n) is 17.3. The smallest absolute Gasteiger partial charge is 0.260 e. The van der Waals surface area contributed by atoms with E-state index >= 15 is 0 Å². The van der Waals surface area contributed by atoms with Gasteiger partial charge in [-0.15, -0.1) is 11.3 Å². The molecule has 4 aromatic rings. The van der Waals surface area contributed by atoms with Gasteiger partial charge in [-0.25, -0.2) is 9.97 Å². The van der Waals surface area contributed by atoms with Crippen molar-refractivity contribution in [1.82, 2.24) is 14.9 Å². The van der Waals surface area contributed by atoms with Crippen molar-refractivity contribution in [3.05, 3.63) is 47.5 Å². The summed E-state index contributed by atoms with van der Waals surface area (Å²) in [5, 5.41) is 0.708. The van der Waals surface area contributed by atoms with Crippen LogP contribution in [0, 0.1) is 0 Å². The van der Waals surface area contributed by atoms with E-state index in [2.05, 4.69) is 23.7 Å². The normalized spacial score (nSPS) is 11.5. The van der Waals surface area contributed by atoms with Crippen LogP contribution in [0.3, 0.4) is 0 Å². The van der Waals surface area contributed by atoms with Crippen LogP contribution in [0.25, 0.3) is 20.4 Å². The number of fused-ring (bicyclic) bond motifs is 2. The van der Waals surface area contributed by atoms with Gasteiger partial charge in [-0.1, -0.05) is 25.2 Å². The van der Waals surface area contributed by atoms with Gasteiger partial charge in [0.15, 0.2) is 5.13 Å². The highest BCUT2D eigenvalue weighted by atomic mass is 32.1. The molecule has 6 nitrogen and oxygen atoms in total. The maximum Gasteiger partial charge on any atom is 0.260 e. The fraction of sp³-hybridized carbons (Fsp3) is 0.318. The lowest BCUT2D eigenvalue weighted by Crippen LogP contribution is -2.38. The van der Waals surface area contributed by atoms with Gasteiger partial charge in [0.25, 0.3) is 5.91 Å². The number of benzene rings is 2. The summed E-state index contributed by atoms with van der Waals surface area (Å²) in [5.74, 6) is 0.748. The number of likely N-dealkylation sites (N-methyl/N-ethyl adjacent to an activating group) is 1. The average molecular weight is 441 g/mol. The van der Waals surface area contributed by atoms with E-state index in [-0.39, 0.29) is 5.91 Å². The van der Waals surface area contributed by atoms with Crippen molar-refractivity contribution in [3.63, 3.8) is 0 Å². The summed E-state index contributed by atoms with van der Waals surface area (Å²) in [4.78, 5) is 26.7. The molecule has 0 aliphatic carbocycles. The van der Waals surface area contributed by atoms with E-state index in [1.807, 2.05) is 36.4 Å². The predicted molar refractivity (Wildman–Crippen MR) is 125 cm³/mol. The van der Waals surface area contributed by atoms with Crippen molar-refractivity contribution < 1.29 is 9.53 Å². The number of ether oxygens (including phenoxy) is 1. The summed E-state index contributed by atoms with van der Waals surface area (Å²) in [6.07, 6.45) is 0. The highest BCUT2D eigenvalue weighted by Gasteiger charge is 2.22. The van der Waals surface area contributed by atoms with Crippen molar-refractivity contribution in [1.29, 1.82) is 0 Å². The largest absolute Gasteiger partial charge is 0.497 e. The molecule has 0 unspecified atom stereocenters. The number of hydrogen-bond donors (Lipinski definition) is 0. The zero-order valence-corrected chi connectivity index (χ0v) is 18.9. The second-order valence-corrected chi connectivity index (χ2v) is 8.74. The van der Waals surface area contributed by atoms with Crippen LogP contribution in [0.2, 0.25) is 0 Å². The molecule has 8 heteroatoms. The Hall–Kier alpha value is -2.55. The minimum atomic E-state index is -0.0384. The first-order valence-corrected chi connectivity index (χ1v) is 11.6. The number of aromatic nitrogens is 2. The van der Waals surface area contributed by atoms with Crippen LogP contribution >= 0.6 is 22.7 Å². The van der Waals surface area contributed by atoms with Crippen molar-refractivity contribution in [2.24, 2.45) is 0 Å². The molecule has 2 aromatic heterocycles. The van der Waals surface area contributed by atoms with Gasteiger partial charge in [0.05, 0.1) is 33.1 Å². The second-order valence-electron chi connectivity index (χ2n) is 6.85. The number of carbonyl (C=O) groups excluding carboxylic acids is 1. The van der Waals surface area contributed by atoms with Crippen LogP contribution < -0.4 is 9.64 Å². The molecule has 30 heavy (non-hydrogen) atoms. The van der Waals surface area contributed by atoms with E-state index in [9.17, 15) is 4.79 Å². The Morgan fingerprint density at radius 3 is 2.60 bits per heavy atom. The van der Waals surface area contributed by atoms with E-state index in [0.29, 0.717) is 17.2 Å². The minimum Gasteiger partial charge on any atom is -0.497 e. The van der Waals surface area contributed by atoms with Gasteiger partial charge in [0, 0.05) is 18.7 Å². The number of methoxy groups -OCH3 is 1. The van der Waals surface area contributed by atoms with E-state index in [4.69, 9.17) is 9.72 Å². The Morgan fingerprint density at radius 1 is 1.03 bits per heavy atom. The summed E-state index contributed by atoms with van der Waals surface area (Å²) in [6, 6.07) is 11.5. The SMILES string of the molecule is CCN(CC)CCN(C(=O)c1ccc2ncsc2c1)c1nc2ccc(OC)cc2s1. The topological polar surface area (TPSA) is 58.6 Å². The number of nitrogens with zero attached hydrogens (tertiary/aromatic N) is 4. The second kappa shape index (κ2) is 9.07. The van der Waals surface area contributed by atoms with E-state index < -0.39 is 0 Å². The van der Waals surface area contributed by atoms with Crippen LogP contribution in [0.15, 0.2) is 41.9 Å². The number of anilines is 1. The first kappa shape index (κ1) is 20.7. The first-order chi connectivity index (χ1) is 14.6. The lowest BCUT2D eigenvalue weighted by molar-refractivity contribution is 0.0984. The first-order valence-electron chi connectivity index (χ1n) is 9.95. The molecule has 0 radical (unpaired) electrons. The van der Waals surface area contributed by atoms with E-state index in [0.717, 1.165) is 45.8 Å². The fourth-order valence-corrected chi connectivity index (χ4v) is 5.08. The predicted octanol–water partition coefficient (Wildman–Crippen LogP) is 4.90. The molecular formula is C22H24N4O2S2. The van der Waals surface area contributed by atoms with Gasteiger partial charge in [-0.05, 0) is 49.5 Å². The molecule has 0 aliphatic heterocycles. The number of carbonyl (C=O) groups is 1. The van der Waals surface area contributed by atoms with Gasteiger partial charge >= 0.3 is 0 Å². The third kappa shape index (κ3) is 4.16. The lowest BCUT2D eigenvalue weighted by atomic mass is 10.2. The van der Waals surface area contributed by atoms with E-state index in [1.54, 1.807) is 28.9 Å². The van der Waals surface area contributed by atoms with Gasteiger partial charge in [-0.3, -0.25) is 9.69 Å². The average Bonchev–Trinajstić information content (AvgIpc) is 3.41. The minimum absolute atomic E-state index is 0.0384. The van der Waals surface area contributed by atoms with Crippen LogP contribution in [-0.2, 0) is 0 Å². The monoisotopic (exact) mass is 440 g/mol. The number of thiazole rings is 2. The molecule has 0 spiro atoms. The van der Waals surface area contributed by atoms with Crippen molar-refractivity contribution >= 4 is 54.1 Å². The van der Waals surface area contributed by atoms with Crippen molar-refractivity contribution in [2.45, 2.75) is 13.8 Å². The van der Waals surface area contributed by atoms with Gasteiger partial charge < -0.3 is 9.64 Å². The summed E-state index contributed by atoms with van der Waals surface area (Å²) in [5.41, 5.74) is 4.24. The maximum absolute atomic E-state index is 13.5. The highest BCUT2D eigenvalue weighted by molar-refractivity contribution is 7.22. The van der Waals surface area contributed by atoms with Gasteiger partial charge in [0.1, 0.15) is 5.75 Å². The summed E-state index contributed by atoms with van der Waals surface area (Å²) >= 11 is 3.06. The molecule has 0 atom stereocenters. The summed E-state index contributed by atoms with van der Waals surface area (Å²) in [7, 11) is 1.65. The zero-order chi connectivity index (χ0) is 21.1. The highest BCUT2D eigenvalue weighted by Crippen LogP contribution is 2.32. The Balaban J connectivity index is 1.70. The number of hydrogen-bond acceptors (Lipinski definition) is 7. The molecule has 0 saturated heterocycles. The van der Waals surface area contributed by atoms with Crippen molar-refractivity contribution in [2.75, 3.05) is 38.2 Å². The Kier molecular flexibility index (Phi) is 6.26. The third-order valence-corrected chi connectivity index (χ3v) is 7.01. The maximum atomic E-state index is 13.5. The van der Waals surface area contributed by atoms with Crippen LogP contribution in [0.4, 0.5) is 5.13 Å².